The third kappa shape index (κ3) is 3.05. The Hall–Kier alpha value is -0.410. The van der Waals surface area contributed by atoms with E-state index in [4.69, 9.17) is 4.98 Å². The van der Waals surface area contributed by atoms with Crippen LogP contribution < -0.4 is 5.32 Å². The van der Waals surface area contributed by atoms with Crippen molar-refractivity contribution in [1.29, 1.82) is 0 Å². The van der Waals surface area contributed by atoms with Crippen LogP contribution in [-0.2, 0) is 11.8 Å². The minimum Gasteiger partial charge on any atom is -0.314 e. The van der Waals surface area contributed by atoms with Crippen LogP contribution in [0.4, 0.5) is 0 Å². The van der Waals surface area contributed by atoms with Crippen LogP contribution in [0.15, 0.2) is 5.38 Å². The van der Waals surface area contributed by atoms with E-state index in [1.807, 2.05) is 11.3 Å². The Labute approximate surface area is 102 Å². The Kier molecular flexibility index (Phi) is 3.65. The van der Waals surface area contributed by atoms with Gasteiger partial charge >= 0.3 is 0 Å². The lowest BCUT2D eigenvalue weighted by molar-refractivity contribution is 0.398. The molecule has 1 saturated heterocycles. The van der Waals surface area contributed by atoms with E-state index in [9.17, 15) is 0 Å². The van der Waals surface area contributed by atoms with Crippen molar-refractivity contribution in [3.8, 4) is 0 Å². The second-order valence-electron chi connectivity index (χ2n) is 5.73. The summed E-state index contributed by atoms with van der Waals surface area (Å²) in [6, 6.07) is 0.660. The monoisotopic (exact) mass is 238 g/mol. The average molecular weight is 238 g/mol. The van der Waals surface area contributed by atoms with E-state index in [0.29, 0.717) is 6.04 Å². The Morgan fingerprint density at radius 1 is 1.44 bits per heavy atom. The molecule has 2 rings (SSSR count). The van der Waals surface area contributed by atoms with Crippen LogP contribution >= 0.6 is 11.3 Å². The molecule has 0 amide bonds. The molecule has 1 aliphatic rings. The molecule has 90 valence electrons. The lowest BCUT2D eigenvalue weighted by Gasteiger charge is -2.22. The number of rotatable bonds is 2. The molecule has 0 aromatic carbocycles. The van der Waals surface area contributed by atoms with Crippen molar-refractivity contribution in [3.05, 3.63) is 16.1 Å². The van der Waals surface area contributed by atoms with Crippen molar-refractivity contribution in [3.63, 3.8) is 0 Å². The molecule has 0 radical (unpaired) electrons. The lowest BCUT2D eigenvalue weighted by atomic mass is 9.93. The van der Waals surface area contributed by atoms with Gasteiger partial charge in [-0.15, -0.1) is 11.3 Å². The van der Waals surface area contributed by atoms with Crippen molar-refractivity contribution < 1.29 is 0 Å². The molecule has 2 nitrogen and oxygen atoms in total. The topological polar surface area (TPSA) is 24.9 Å². The number of piperidine rings is 1. The molecule has 2 heterocycles. The highest BCUT2D eigenvalue weighted by molar-refractivity contribution is 7.09. The molecular weight excluding hydrogens is 216 g/mol. The highest BCUT2D eigenvalue weighted by atomic mass is 32.1. The molecule has 1 aromatic rings. The minimum atomic E-state index is 0.189. The van der Waals surface area contributed by atoms with Gasteiger partial charge in [-0.3, -0.25) is 0 Å². The molecule has 1 unspecified atom stereocenters. The third-order valence-electron chi connectivity index (χ3n) is 3.15. The molecule has 0 spiro atoms. The molecular formula is C13H22N2S. The third-order valence-corrected chi connectivity index (χ3v) is 4.02. The van der Waals surface area contributed by atoms with Gasteiger partial charge in [0.25, 0.3) is 0 Å². The van der Waals surface area contributed by atoms with Crippen LogP contribution in [0.2, 0.25) is 0 Å². The first-order chi connectivity index (χ1) is 7.55. The average Bonchev–Trinajstić information content (AvgIpc) is 2.67. The summed E-state index contributed by atoms with van der Waals surface area (Å²) >= 11 is 1.82. The van der Waals surface area contributed by atoms with Crippen molar-refractivity contribution in [2.75, 3.05) is 6.54 Å². The summed E-state index contributed by atoms with van der Waals surface area (Å²) < 4.78 is 0. The van der Waals surface area contributed by atoms with Crippen LogP contribution in [0, 0.1) is 0 Å². The Morgan fingerprint density at radius 3 is 2.81 bits per heavy atom. The second kappa shape index (κ2) is 4.84. The number of nitrogens with zero attached hydrogens (tertiary/aromatic N) is 1. The van der Waals surface area contributed by atoms with Gasteiger partial charge < -0.3 is 5.32 Å². The number of aromatic nitrogens is 1. The zero-order chi connectivity index (χ0) is 11.6. The first-order valence-electron chi connectivity index (χ1n) is 6.24. The SMILES string of the molecule is CC(C)(C)c1csc(CC2CCCCN2)n1. The predicted molar refractivity (Wildman–Crippen MR) is 70.2 cm³/mol. The largest absolute Gasteiger partial charge is 0.314 e. The predicted octanol–water partition coefficient (Wildman–Crippen LogP) is 3.13. The maximum Gasteiger partial charge on any atom is 0.0944 e. The van der Waals surface area contributed by atoms with Gasteiger partial charge in [-0.1, -0.05) is 27.2 Å². The molecule has 0 bridgehead atoms. The maximum absolute atomic E-state index is 4.75. The summed E-state index contributed by atoms with van der Waals surface area (Å²) in [6.07, 6.45) is 5.13. The first kappa shape index (κ1) is 12.1. The van der Waals surface area contributed by atoms with Gasteiger partial charge in [0.2, 0.25) is 0 Å². The minimum absolute atomic E-state index is 0.189. The van der Waals surface area contributed by atoms with E-state index < -0.39 is 0 Å². The van der Waals surface area contributed by atoms with E-state index in [2.05, 4.69) is 31.5 Å². The van der Waals surface area contributed by atoms with Crippen LogP contribution in [0.25, 0.3) is 0 Å². The van der Waals surface area contributed by atoms with Crippen molar-refractivity contribution in [1.82, 2.24) is 10.3 Å². The quantitative estimate of drug-likeness (QED) is 0.856. The highest BCUT2D eigenvalue weighted by Gasteiger charge is 2.19. The maximum atomic E-state index is 4.75. The van der Waals surface area contributed by atoms with Crippen molar-refractivity contribution in [2.24, 2.45) is 0 Å². The Bertz CT molecular complexity index is 332. The van der Waals surface area contributed by atoms with Crippen LogP contribution in [0.3, 0.4) is 0 Å². The van der Waals surface area contributed by atoms with Crippen LogP contribution in [0.1, 0.15) is 50.7 Å². The van der Waals surface area contributed by atoms with Crippen molar-refractivity contribution in [2.45, 2.75) is 57.9 Å². The van der Waals surface area contributed by atoms with E-state index in [1.165, 1.54) is 36.5 Å². The van der Waals surface area contributed by atoms with Gasteiger partial charge in [-0.25, -0.2) is 4.98 Å². The van der Waals surface area contributed by atoms with Crippen molar-refractivity contribution >= 4 is 11.3 Å². The molecule has 16 heavy (non-hydrogen) atoms. The van der Waals surface area contributed by atoms with Gasteiger partial charge in [0.05, 0.1) is 10.7 Å². The summed E-state index contributed by atoms with van der Waals surface area (Å²) in [5, 5.41) is 7.10. The fourth-order valence-corrected chi connectivity index (χ4v) is 3.16. The molecule has 1 atom stereocenters. The van der Waals surface area contributed by atoms with Gasteiger partial charge in [-0.05, 0) is 19.4 Å². The van der Waals surface area contributed by atoms with Crippen LogP contribution in [-0.4, -0.2) is 17.6 Å². The molecule has 0 aliphatic carbocycles. The molecule has 0 saturated carbocycles. The van der Waals surface area contributed by atoms with Gasteiger partial charge in [-0.2, -0.15) is 0 Å². The number of nitrogens with one attached hydrogen (secondary N) is 1. The standard InChI is InChI=1S/C13H22N2S/c1-13(2,3)11-9-16-12(15-11)8-10-6-4-5-7-14-10/h9-10,14H,4-8H2,1-3H3. The smallest absolute Gasteiger partial charge is 0.0944 e. The number of thiazole rings is 1. The van der Waals surface area contributed by atoms with Crippen LogP contribution in [0.5, 0.6) is 0 Å². The number of hydrogen-bond donors (Lipinski definition) is 1. The zero-order valence-electron chi connectivity index (χ0n) is 10.5. The fraction of sp³-hybridized carbons (Fsp3) is 0.769. The first-order valence-corrected chi connectivity index (χ1v) is 7.12. The Balaban J connectivity index is 1.97. The summed E-state index contributed by atoms with van der Waals surface area (Å²) in [5.74, 6) is 0. The number of hydrogen-bond acceptors (Lipinski definition) is 3. The fourth-order valence-electron chi connectivity index (χ4n) is 2.06. The normalized spacial score (nSPS) is 22.3. The summed E-state index contributed by atoms with van der Waals surface area (Å²) in [4.78, 5) is 4.75. The summed E-state index contributed by atoms with van der Waals surface area (Å²) in [7, 11) is 0. The molecule has 1 aliphatic heterocycles. The van der Waals surface area contributed by atoms with Gasteiger partial charge in [0.15, 0.2) is 0 Å². The van der Waals surface area contributed by atoms with Gasteiger partial charge in [0, 0.05) is 23.3 Å². The van der Waals surface area contributed by atoms with E-state index in [-0.39, 0.29) is 5.41 Å². The molecule has 1 N–H and O–H groups in total. The molecule has 1 aromatic heterocycles. The summed E-state index contributed by atoms with van der Waals surface area (Å²) in [5.41, 5.74) is 1.43. The highest BCUT2D eigenvalue weighted by Crippen LogP contribution is 2.25. The van der Waals surface area contributed by atoms with Gasteiger partial charge in [0.1, 0.15) is 0 Å². The van der Waals surface area contributed by atoms with E-state index in [1.54, 1.807) is 0 Å². The molecule has 3 heteroatoms. The zero-order valence-corrected chi connectivity index (χ0v) is 11.4. The van der Waals surface area contributed by atoms with E-state index >= 15 is 0 Å². The summed E-state index contributed by atoms with van der Waals surface area (Å²) in [6.45, 7) is 7.86. The second-order valence-corrected chi connectivity index (χ2v) is 6.67. The molecule has 1 fully saturated rings. The Morgan fingerprint density at radius 2 is 2.25 bits per heavy atom. The van der Waals surface area contributed by atoms with E-state index in [0.717, 1.165) is 6.42 Å². The lowest BCUT2D eigenvalue weighted by Crippen LogP contribution is -2.35.